The van der Waals surface area contributed by atoms with Gasteiger partial charge in [0.25, 0.3) is 0 Å². The van der Waals surface area contributed by atoms with Crippen molar-refractivity contribution >= 4 is 11.8 Å². The highest BCUT2D eigenvalue weighted by Gasteiger charge is 2.22. The molecule has 0 bridgehead atoms. The van der Waals surface area contributed by atoms with Crippen LogP contribution in [-0.2, 0) is 19.1 Å². The highest BCUT2D eigenvalue weighted by atomic mass is 16.6. The lowest BCUT2D eigenvalue weighted by Gasteiger charge is -2.16. The van der Waals surface area contributed by atoms with Crippen LogP contribution >= 0.6 is 0 Å². The Morgan fingerprint density at radius 1 is 1.19 bits per heavy atom. The maximum Gasteiger partial charge on any atom is 0.306 e. The minimum Gasteiger partial charge on any atom is -0.463 e. The molecule has 0 radical (unpaired) electrons. The van der Waals surface area contributed by atoms with Gasteiger partial charge in [-0.25, -0.2) is 0 Å². The molecule has 0 aromatic carbocycles. The van der Waals surface area contributed by atoms with Gasteiger partial charge >= 0.3 is 5.97 Å². The van der Waals surface area contributed by atoms with Gasteiger partial charge in [-0.15, -0.1) is 0 Å². The number of esters is 1. The molecule has 0 spiro atoms. The lowest BCUT2D eigenvalue weighted by Crippen LogP contribution is -2.23. The lowest BCUT2D eigenvalue weighted by atomic mass is 9.89. The van der Waals surface area contributed by atoms with Crippen LogP contribution in [0.1, 0.15) is 34.1 Å². The first-order valence-electron chi connectivity index (χ1n) is 5.72. The Kier molecular flexibility index (Phi) is 7.81. The second-order valence-corrected chi connectivity index (χ2v) is 4.08. The second-order valence-electron chi connectivity index (χ2n) is 4.08. The lowest BCUT2D eigenvalue weighted by molar-refractivity contribution is -0.148. The van der Waals surface area contributed by atoms with Crippen LogP contribution in [0, 0.1) is 11.8 Å². The molecule has 0 saturated heterocycles. The van der Waals surface area contributed by atoms with Gasteiger partial charge in [0.15, 0.2) is 0 Å². The molecule has 0 aliphatic carbocycles. The molecule has 4 heteroatoms. The second kappa shape index (κ2) is 8.28. The van der Waals surface area contributed by atoms with E-state index in [1.54, 1.807) is 0 Å². The highest BCUT2D eigenvalue weighted by molar-refractivity contribution is 5.83. The average molecular weight is 230 g/mol. The smallest absolute Gasteiger partial charge is 0.306 e. The molecule has 16 heavy (non-hydrogen) atoms. The molecule has 0 fully saturated rings. The molecule has 0 aliphatic rings. The monoisotopic (exact) mass is 230 g/mol. The molecule has 0 amide bonds. The van der Waals surface area contributed by atoms with Gasteiger partial charge in [0, 0.05) is 12.5 Å². The molecule has 94 valence electrons. The largest absolute Gasteiger partial charge is 0.463 e. The van der Waals surface area contributed by atoms with Crippen LogP contribution in [0.2, 0.25) is 0 Å². The van der Waals surface area contributed by atoms with E-state index < -0.39 is 0 Å². The zero-order valence-corrected chi connectivity index (χ0v) is 10.6. The molecular weight excluding hydrogens is 208 g/mol. The van der Waals surface area contributed by atoms with Crippen LogP contribution in [-0.4, -0.2) is 31.6 Å². The molecule has 0 aliphatic heterocycles. The number of hydrogen-bond acceptors (Lipinski definition) is 4. The molecule has 0 N–H and O–H groups in total. The van der Waals surface area contributed by atoms with E-state index >= 15 is 0 Å². The van der Waals surface area contributed by atoms with Crippen molar-refractivity contribution in [2.75, 3.05) is 19.8 Å². The van der Waals surface area contributed by atoms with Crippen molar-refractivity contribution in [1.29, 1.82) is 0 Å². The van der Waals surface area contributed by atoms with Gasteiger partial charge in [0.05, 0.1) is 13.0 Å². The molecule has 1 unspecified atom stereocenters. The molecule has 0 rings (SSSR count). The predicted molar refractivity (Wildman–Crippen MR) is 61.1 cm³/mol. The summed E-state index contributed by atoms with van der Waals surface area (Å²) in [4.78, 5) is 22.7. The summed E-state index contributed by atoms with van der Waals surface area (Å²) >= 11 is 0. The fourth-order valence-electron chi connectivity index (χ4n) is 1.45. The Morgan fingerprint density at radius 3 is 2.25 bits per heavy atom. The standard InChI is InChI=1S/C12H22O4/c1-5-15-6-7-16-12(14)8-11(9(2)3)10(4)13/h9,11H,5-8H2,1-4H3. The Bertz CT molecular complexity index is 223. The van der Waals surface area contributed by atoms with Crippen molar-refractivity contribution in [2.45, 2.75) is 34.1 Å². The van der Waals surface area contributed by atoms with Crippen LogP contribution in [0.15, 0.2) is 0 Å². The van der Waals surface area contributed by atoms with Crippen molar-refractivity contribution in [3.8, 4) is 0 Å². The molecule has 0 aromatic heterocycles. The zero-order chi connectivity index (χ0) is 12.6. The first-order valence-corrected chi connectivity index (χ1v) is 5.72. The van der Waals surface area contributed by atoms with E-state index in [2.05, 4.69) is 0 Å². The van der Waals surface area contributed by atoms with E-state index in [0.717, 1.165) is 0 Å². The first kappa shape index (κ1) is 15.1. The van der Waals surface area contributed by atoms with Crippen molar-refractivity contribution in [2.24, 2.45) is 11.8 Å². The molecule has 4 nitrogen and oxygen atoms in total. The Balaban J connectivity index is 3.87. The van der Waals surface area contributed by atoms with Gasteiger partial charge in [0.2, 0.25) is 0 Å². The third kappa shape index (κ3) is 6.56. The summed E-state index contributed by atoms with van der Waals surface area (Å²) in [5, 5.41) is 0. The first-order chi connectivity index (χ1) is 7.49. The van der Waals surface area contributed by atoms with Gasteiger partial charge in [0.1, 0.15) is 12.4 Å². The van der Waals surface area contributed by atoms with E-state index in [4.69, 9.17) is 9.47 Å². The van der Waals surface area contributed by atoms with Crippen LogP contribution in [0.4, 0.5) is 0 Å². The van der Waals surface area contributed by atoms with Crippen molar-refractivity contribution < 1.29 is 19.1 Å². The molecular formula is C12H22O4. The summed E-state index contributed by atoms with van der Waals surface area (Å²) in [5.41, 5.74) is 0. The third-order valence-corrected chi connectivity index (χ3v) is 2.41. The van der Waals surface area contributed by atoms with Gasteiger partial charge < -0.3 is 9.47 Å². The fraction of sp³-hybridized carbons (Fsp3) is 0.833. The van der Waals surface area contributed by atoms with Crippen molar-refractivity contribution in [1.82, 2.24) is 0 Å². The van der Waals surface area contributed by atoms with Crippen molar-refractivity contribution in [3.63, 3.8) is 0 Å². The third-order valence-electron chi connectivity index (χ3n) is 2.41. The van der Waals surface area contributed by atoms with Gasteiger partial charge in [-0.2, -0.15) is 0 Å². The topological polar surface area (TPSA) is 52.6 Å². The number of ether oxygens (including phenoxy) is 2. The van der Waals surface area contributed by atoms with E-state index in [1.807, 2.05) is 20.8 Å². The number of carbonyl (C=O) groups excluding carboxylic acids is 2. The number of rotatable bonds is 8. The molecule has 0 aromatic rings. The Labute approximate surface area is 97.3 Å². The van der Waals surface area contributed by atoms with E-state index in [0.29, 0.717) is 13.2 Å². The minimum absolute atomic E-state index is 0.0387. The Morgan fingerprint density at radius 2 is 1.81 bits per heavy atom. The average Bonchev–Trinajstić information content (AvgIpc) is 2.20. The van der Waals surface area contributed by atoms with E-state index in [1.165, 1.54) is 6.92 Å². The molecule has 0 saturated carbocycles. The summed E-state index contributed by atoms with van der Waals surface area (Å²) in [6.07, 6.45) is 0.166. The van der Waals surface area contributed by atoms with Crippen LogP contribution in [0.3, 0.4) is 0 Å². The van der Waals surface area contributed by atoms with Gasteiger partial charge in [-0.05, 0) is 19.8 Å². The van der Waals surface area contributed by atoms with Crippen LogP contribution < -0.4 is 0 Å². The number of Topliss-reactive ketones (excluding diaryl/α,β-unsaturated/α-hetero) is 1. The van der Waals surface area contributed by atoms with Crippen LogP contribution in [0.5, 0.6) is 0 Å². The predicted octanol–water partition coefficient (Wildman–Crippen LogP) is 1.82. The molecule has 1 atom stereocenters. The van der Waals surface area contributed by atoms with Gasteiger partial charge in [-0.3, -0.25) is 9.59 Å². The highest BCUT2D eigenvalue weighted by Crippen LogP contribution is 2.16. The summed E-state index contributed by atoms with van der Waals surface area (Å²) < 4.78 is 10.00. The van der Waals surface area contributed by atoms with Crippen molar-refractivity contribution in [3.05, 3.63) is 0 Å². The summed E-state index contributed by atoms with van der Waals surface area (Å²) in [6.45, 7) is 8.53. The summed E-state index contributed by atoms with van der Waals surface area (Å²) in [7, 11) is 0. The minimum atomic E-state index is -0.325. The maximum atomic E-state index is 11.4. The van der Waals surface area contributed by atoms with Crippen LogP contribution in [0.25, 0.3) is 0 Å². The maximum absolute atomic E-state index is 11.4. The van der Waals surface area contributed by atoms with Gasteiger partial charge in [-0.1, -0.05) is 13.8 Å². The fourth-order valence-corrected chi connectivity index (χ4v) is 1.45. The Hall–Kier alpha value is -0.900. The summed E-state index contributed by atoms with van der Waals surface area (Å²) in [6, 6.07) is 0. The quantitative estimate of drug-likeness (QED) is 0.471. The zero-order valence-electron chi connectivity index (χ0n) is 10.6. The molecule has 0 heterocycles. The number of carbonyl (C=O) groups is 2. The summed E-state index contributed by atoms with van der Waals surface area (Å²) in [5.74, 6) is -0.359. The number of ketones is 1. The SMILES string of the molecule is CCOCCOC(=O)CC(C(C)=O)C(C)C. The normalized spacial score (nSPS) is 12.6. The van der Waals surface area contributed by atoms with E-state index in [-0.39, 0.29) is 36.6 Å². The van der Waals surface area contributed by atoms with E-state index in [9.17, 15) is 9.59 Å². The number of hydrogen-bond donors (Lipinski definition) is 0.